The SMILES string of the molecule is CCCCCCCCCCCCCOc1ccc(C(=O)Oc2ccc(C#Cc3ccc(O[C@H](C)CCCCCC)c(F)c3)cc2)cc1F. The van der Waals surface area contributed by atoms with Crippen LogP contribution in [0.15, 0.2) is 60.7 Å². The Labute approximate surface area is 287 Å². The van der Waals surface area contributed by atoms with Crippen LogP contribution in [0.25, 0.3) is 0 Å². The molecule has 0 heterocycles. The minimum atomic E-state index is -0.669. The number of benzene rings is 3. The molecule has 0 N–H and O–H groups in total. The van der Waals surface area contributed by atoms with E-state index in [2.05, 4.69) is 25.7 Å². The van der Waals surface area contributed by atoms with Gasteiger partial charge in [-0.15, -0.1) is 0 Å². The van der Waals surface area contributed by atoms with Gasteiger partial charge in [-0.05, 0) is 86.8 Å². The van der Waals surface area contributed by atoms with Crippen LogP contribution in [0.2, 0.25) is 0 Å². The summed E-state index contributed by atoms with van der Waals surface area (Å²) >= 11 is 0. The van der Waals surface area contributed by atoms with Gasteiger partial charge >= 0.3 is 5.97 Å². The van der Waals surface area contributed by atoms with E-state index >= 15 is 0 Å². The van der Waals surface area contributed by atoms with Crippen molar-refractivity contribution in [2.45, 2.75) is 130 Å². The van der Waals surface area contributed by atoms with Crippen molar-refractivity contribution in [1.29, 1.82) is 0 Å². The Kier molecular flexibility index (Phi) is 18.2. The first kappa shape index (κ1) is 38.6. The van der Waals surface area contributed by atoms with Crippen LogP contribution in [0, 0.1) is 23.5 Å². The zero-order chi connectivity index (χ0) is 34.4. The summed E-state index contributed by atoms with van der Waals surface area (Å²) in [6.45, 7) is 6.82. The highest BCUT2D eigenvalue weighted by Crippen LogP contribution is 2.23. The van der Waals surface area contributed by atoms with E-state index in [0.29, 0.717) is 23.5 Å². The summed E-state index contributed by atoms with van der Waals surface area (Å²) < 4.78 is 46.1. The van der Waals surface area contributed by atoms with Crippen molar-refractivity contribution in [1.82, 2.24) is 0 Å². The molecule has 0 unspecified atom stereocenters. The van der Waals surface area contributed by atoms with Crippen LogP contribution in [0.5, 0.6) is 17.2 Å². The molecular weight excluding hydrogens is 606 g/mol. The summed E-state index contributed by atoms with van der Waals surface area (Å²) in [7, 11) is 0. The van der Waals surface area contributed by atoms with Gasteiger partial charge in [0.1, 0.15) is 5.75 Å². The van der Waals surface area contributed by atoms with Gasteiger partial charge in [0.05, 0.1) is 18.3 Å². The number of halogens is 2. The molecule has 0 aromatic heterocycles. The monoisotopic (exact) mass is 660 g/mol. The maximum absolute atomic E-state index is 14.6. The molecule has 48 heavy (non-hydrogen) atoms. The second-order valence-corrected chi connectivity index (χ2v) is 12.6. The van der Waals surface area contributed by atoms with Gasteiger partial charge in [0.15, 0.2) is 23.1 Å². The van der Waals surface area contributed by atoms with E-state index in [1.807, 2.05) is 6.92 Å². The molecule has 0 aliphatic carbocycles. The first-order valence-corrected chi connectivity index (χ1v) is 18.1. The van der Waals surface area contributed by atoms with E-state index in [1.165, 1.54) is 88.8 Å². The van der Waals surface area contributed by atoms with Gasteiger partial charge in [-0.3, -0.25) is 0 Å². The molecule has 0 fully saturated rings. The summed E-state index contributed by atoms with van der Waals surface area (Å²) in [6.07, 6.45) is 19.1. The first-order valence-electron chi connectivity index (χ1n) is 18.1. The number of ether oxygens (including phenoxy) is 3. The fourth-order valence-corrected chi connectivity index (χ4v) is 5.42. The molecule has 3 rings (SSSR count). The van der Waals surface area contributed by atoms with E-state index < -0.39 is 17.6 Å². The molecule has 0 saturated carbocycles. The summed E-state index contributed by atoms with van der Waals surface area (Å²) in [5.74, 6) is 4.93. The normalized spacial score (nSPS) is 11.4. The second-order valence-electron chi connectivity index (χ2n) is 12.6. The van der Waals surface area contributed by atoms with Gasteiger partial charge in [0, 0.05) is 11.1 Å². The highest BCUT2D eigenvalue weighted by atomic mass is 19.1. The lowest BCUT2D eigenvalue weighted by atomic mass is 10.1. The van der Waals surface area contributed by atoms with Crippen molar-refractivity contribution in [3.05, 3.63) is 89.0 Å². The van der Waals surface area contributed by atoms with E-state index in [1.54, 1.807) is 36.4 Å². The number of unbranched alkanes of at least 4 members (excludes halogenated alkanes) is 13. The Hall–Kier alpha value is -3.85. The van der Waals surface area contributed by atoms with Crippen LogP contribution in [0.1, 0.15) is 145 Å². The Morgan fingerprint density at radius 2 is 1.19 bits per heavy atom. The molecule has 6 heteroatoms. The number of esters is 1. The van der Waals surface area contributed by atoms with Crippen molar-refractivity contribution < 1.29 is 27.8 Å². The van der Waals surface area contributed by atoms with Crippen molar-refractivity contribution in [2.75, 3.05) is 6.61 Å². The molecule has 0 aliphatic heterocycles. The molecule has 0 bridgehead atoms. The minimum absolute atomic E-state index is 0.0535. The topological polar surface area (TPSA) is 44.8 Å². The molecule has 0 aliphatic rings. The van der Waals surface area contributed by atoms with Crippen LogP contribution in [0.4, 0.5) is 8.78 Å². The summed E-state index contributed by atoms with van der Waals surface area (Å²) in [5, 5.41) is 0. The number of hydrogen-bond donors (Lipinski definition) is 0. The smallest absolute Gasteiger partial charge is 0.343 e. The van der Waals surface area contributed by atoms with Crippen LogP contribution in [-0.2, 0) is 0 Å². The molecule has 3 aromatic rings. The van der Waals surface area contributed by atoms with Gasteiger partial charge in [0.25, 0.3) is 0 Å². The van der Waals surface area contributed by atoms with E-state index in [4.69, 9.17) is 14.2 Å². The van der Waals surface area contributed by atoms with Gasteiger partial charge < -0.3 is 14.2 Å². The average Bonchev–Trinajstić information content (AvgIpc) is 3.08. The van der Waals surface area contributed by atoms with Crippen molar-refractivity contribution in [3.63, 3.8) is 0 Å². The fraction of sp³-hybridized carbons (Fsp3) is 0.500. The third kappa shape index (κ3) is 14.9. The zero-order valence-electron chi connectivity index (χ0n) is 29.3. The third-order valence-corrected chi connectivity index (χ3v) is 8.31. The number of hydrogen-bond acceptors (Lipinski definition) is 4. The maximum Gasteiger partial charge on any atom is 0.343 e. The highest BCUT2D eigenvalue weighted by molar-refractivity contribution is 5.91. The predicted octanol–water partition coefficient (Wildman–Crippen LogP) is 12.0. The second kappa shape index (κ2) is 22.7. The largest absolute Gasteiger partial charge is 0.491 e. The molecule has 3 aromatic carbocycles. The Morgan fingerprint density at radius 1 is 0.646 bits per heavy atom. The van der Waals surface area contributed by atoms with Crippen molar-refractivity contribution >= 4 is 5.97 Å². The Balaban J connectivity index is 1.39. The van der Waals surface area contributed by atoms with E-state index in [9.17, 15) is 13.6 Å². The van der Waals surface area contributed by atoms with Gasteiger partial charge in [-0.1, -0.05) is 109 Å². The van der Waals surface area contributed by atoms with Crippen LogP contribution < -0.4 is 14.2 Å². The number of carbonyl (C=O) groups is 1. The van der Waals surface area contributed by atoms with Gasteiger partial charge in [0.2, 0.25) is 0 Å². The minimum Gasteiger partial charge on any atom is -0.491 e. The molecule has 0 spiro atoms. The van der Waals surface area contributed by atoms with Crippen molar-refractivity contribution in [3.8, 4) is 29.1 Å². The third-order valence-electron chi connectivity index (χ3n) is 8.31. The molecule has 1 atom stereocenters. The molecule has 0 radical (unpaired) electrons. The number of carbonyl (C=O) groups excluding carboxylic acids is 1. The lowest BCUT2D eigenvalue weighted by Gasteiger charge is -2.15. The summed E-state index contributed by atoms with van der Waals surface area (Å²) in [5.41, 5.74) is 1.29. The zero-order valence-corrected chi connectivity index (χ0v) is 29.3. The highest BCUT2D eigenvalue weighted by Gasteiger charge is 2.13. The van der Waals surface area contributed by atoms with Gasteiger partial charge in [-0.25, -0.2) is 13.6 Å². The van der Waals surface area contributed by atoms with Crippen LogP contribution in [-0.4, -0.2) is 18.7 Å². The standard InChI is InChI=1S/C42H54F2O4/c1-4-6-8-10-11-12-13-14-15-16-18-30-46-40-29-25-36(32-39(40)44)42(45)48-37-26-22-34(23-27-37)20-21-35-24-28-41(38(43)31-35)47-33(3)19-17-9-7-5-2/h22-29,31-33H,4-19,30H2,1-3H3/t33-/m1/s1. The van der Waals surface area contributed by atoms with E-state index in [-0.39, 0.29) is 23.2 Å². The Bertz CT molecular complexity index is 1420. The quantitative estimate of drug-likeness (QED) is 0.0466. The lowest BCUT2D eigenvalue weighted by molar-refractivity contribution is 0.0734. The lowest BCUT2D eigenvalue weighted by Crippen LogP contribution is -2.12. The molecule has 0 saturated heterocycles. The van der Waals surface area contributed by atoms with Crippen molar-refractivity contribution in [2.24, 2.45) is 0 Å². The van der Waals surface area contributed by atoms with Gasteiger partial charge in [-0.2, -0.15) is 0 Å². The fourth-order valence-electron chi connectivity index (χ4n) is 5.42. The molecule has 260 valence electrons. The summed E-state index contributed by atoms with van der Waals surface area (Å²) in [4.78, 5) is 12.6. The van der Waals surface area contributed by atoms with E-state index in [0.717, 1.165) is 38.2 Å². The van der Waals surface area contributed by atoms with Crippen LogP contribution >= 0.6 is 0 Å². The Morgan fingerprint density at radius 3 is 1.81 bits per heavy atom. The molecule has 4 nitrogen and oxygen atoms in total. The average molecular weight is 661 g/mol. The van der Waals surface area contributed by atoms with Crippen LogP contribution in [0.3, 0.4) is 0 Å². The maximum atomic E-state index is 14.6. The molecular formula is C42H54F2O4. The molecule has 0 amide bonds. The summed E-state index contributed by atoms with van der Waals surface area (Å²) in [6, 6.07) is 15.5. The number of rotatable bonds is 22. The first-order chi connectivity index (χ1) is 23.4. The predicted molar refractivity (Wildman–Crippen MR) is 191 cm³/mol.